The molecule has 0 bridgehead atoms. The number of aryl methyl sites for hydroxylation is 1. The molecule has 0 saturated carbocycles. The molecular weight excluding hydrogens is 205 g/mol. The molecule has 2 rings (SSSR count). The number of hydrogen-bond donors (Lipinski definition) is 1. The molecule has 0 atom stereocenters. The van der Waals surface area contributed by atoms with Gasteiger partial charge in [0, 0.05) is 11.1 Å². The summed E-state index contributed by atoms with van der Waals surface area (Å²) in [6.45, 7) is 4.47. The molecule has 1 aliphatic rings. The topological polar surface area (TPSA) is 35.2 Å². The number of fused-ring (bicyclic) bond motifs is 1. The van der Waals surface area contributed by atoms with E-state index in [9.17, 15) is 4.39 Å². The molecule has 2 N–H and O–H groups in total. The summed E-state index contributed by atoms with van der Waals surface area (Å²) in [4.78, 5) is 0. The van der Waals surface area contributed by atoms with Gasteiger partial charge in [0.05, 0.1) is 6.61 Å². The highest BCUT2D eigenvalue weighted by molar-refractivity contribution is 5.44. The number of hydrogen-bond acceptors (Lipinski definition) is 2. The van der Waals surface area contributed by atoms with E-state index < -0.39 is 5.54 Å². The molecule has 3 heteroatoms. The average Bonchev–Trinajstić information content (AvgIpc) is 2.21. The van der Waals surface area contributed by atoms with Crippen molar-refractivity contribution >= 4 is 0 Å². The maximum atomic E-state index is 13.8. The van der Waals surface area contributed by atoms with Gasteiger partial charge in [0.1, 0.15) is 11.6 Å². The standard InChI is InChI=1S/C13H18FNO/c1-13(2,15)8-10-11(14)6-5-9-4-3-7-16-12(9)10/h5-6H,3-4,7-8,15H2,1-2H3. The lowest BCUT2D eigenvalue weighted by molar-refractivity contribution is 0.280. The monoisotopic (exact) mass is 223 g/mol. The molecule has 88 valence electrons. The van der Waals surface area contributed by atoms with Crippen molar-refractivity contribution in [2.24, 2.45) is 5.73 Å². The smallest absolute Gasteiger partial charge is 0.130 e. The lowest BCUT2D eigenvalue weighted by Crippen LogP contribution is -2.35. The Kier molecular flexibility index (Phi) is 2.89. The van der Waals surface area contributed by atoms with Gasteiger partial charge in [-0.3, -0.25) is 0 Å². The van der Waals surface area contributed by atoms with E-state index in [-0.39, 0.29) is 5.82 Å². The second-order valence-corrected chi connectivity index (χ2v) is 5.13. The molecule has 1 heterocycles. The fourth-order valence-electron chi connectivity index (χ4n) is 2.09. The zero-order chi connectivity index (χ0) is 11.8. The van der Waals surface area contributed by atoms with Gasteiger partial charge in [-0.05, 0) is 44.7 Å². The van der Waals surface area contributed by atoms with Crippen LogP contribution in [0.3, 0.4) is 0 Å². The van der Waals surface area contributed by atoms with Crippen LogP contribution in [0.4, 0.5) is 4.39 Å². The number of rotatable bonds is 2. The van der Waals surface area contributed by atoms with Gasteiger partial charge in [0.15, 0.2) is 0 Å². The Hall–Kier alpha value is -1.09. The molecule has 0 radical (unpaired) electrons. The second-order valence-electron chi connectivity index (χ2n) is 5.13. The minimum absolute atomic E-state index is 0.209. The van der Waals surface area contributed by atoms with Crippen LogP contribution in [0.15, 0.2) is 12.1 Å². The first-order chi connectivity index (χ1) is 7.47. The van der Waals surface area contributed by atoms with Crippen LogP contribution in [0.2, 0.25) is 0 Å². The molecule has 0 saturated heterocycles. The third-order valence-electron chi connectivity index (χ3n) is 2.75. The van der Waals surface area contributed by atoms with Crippen molar-refractivity contribution in [2.75, 3.05) is 6.61 Å². The molecule has 0 amide bonds. The summed E-state index contributed by atoms with van der Waals surface area (Å²) in [6.07, 6.45) is 2.47. The molecule has 0 spiro atoms. The van der Waals surface area contributed by atoms with Gasteiger partial charge in [0.25, 0.3) is 0 Å². The van der Waals surface area contributed by atoms with Gasteiger partial charge in [-0.2, -0.15) is 0 Å². The van der Waals surface area contributed by atoms with Gasteiger partial charge in [-0.25, -0.2) is 4.39 Å². The fourth-order valence-corrected chi connectivity index (χ4v) is 2.09. The summed E-state index contributed by atoms with van der Waals surface area (Å²) in [5, 5.41) is 0. The van der Waals surface area contributed by atoms with Gasteiger partial charge in [-0.15, -0.1) is 0 Å². The average molecular weight is 223 g/mol. The summed E-state index contributed by atoms with van der Waals surface area (Å²) in [5.74, 6) is 0.518. The van der Waals surface area contributed by atoms with Crippen molar-refractivity contribution in [1.82, 2.24) is 0 Å². The summed E-state index contributed by atoms with van der Waals surface area (Å²) in [7, 11) is 0. The molecule has 2 nitrogen and oxygen atoms in total. The number of halogens is 1. The zero-order valence-corrected chi connectivity index (χ0v) is 9.85. The van der Waals surface area contributed by atoms with Crippen molar-refractivity contribution in [3.05, 3.63) is 29.1 Å². The van der Waals surface area contributed by atoms with Gasteiger partial charge < -0.3 is 10.5 Å². The summed E-state index contributed by atoms with van der Waals surface area (Å²) in [5.41, 5.74) is 7.26. The Morgan fingerprint density at radius 2 is 2.19 bits per heavy atom. The first-order valence-corrected chi connectivity index (χ1v) is 5.69. The predicted octanol–water partition coefficient (Wildman–Crippen LogP) is 2.43. The molecule has 0 fully saturated rings. The van der Waals surface area contributed by atoms with Gasteiger partial charge >= 0.3 is 0 Å². The SMILES string of the molecule is CC(C)(N)Cc1c(F)ccc2c1OCCC2. The van der Waals surface area contributed by atoms with E-state index >= 15 is 0 Å². The van der Waals surface area contributed by atoms with E-state index in [1.54, 1.807) is 0 Å². The summed E-state index contributed by atoms with van der Waals surface area (Å²) < 4.78 is 19.4. The quantitative estimate of drug-likeness (QED) is 0.835. The molecule has 1 aromatic rings. The molecule has 0 aliphatic carbocycles. The lowest BCUT2D eigenvalue weighted by Gasteiger charge is -2.25. The van der Waals surface area contributed by atoms with Crippen molar-refractivity contribution < 1.29 is 9.13 Å². The third-order valence-corrected chi connectivity index (χ3v) is 2.75. The van der Waals surface area contributed by atoms with E-state index in [0.717, 1.165) is 24.2 Å². The number of benzene rings is 1. The van der Waals surface area contributed by atoms with Gasteiger partial charge in [-0.1, -0.05) is 6.07 Å². The number of ether oxygens (including phenoxy) is 1. The van der Waals surface area contributed by atoms with Crippen LogP contribution in [0.5, 0.6) is 5.75 Å². The minimum atomic E-state index is -0.420. The molecule has 0 aromatic heterocycles. The van der Waals surface area contributed by atoms with E-state index in [1.165, 1.54) is 6.07 Å². The highest BCUT2D eigenvalue weighted by Gasteiger charge is 2.22. The van der Waals surface area contributed by atoms with Crippen LogP contribution in [-0.4, -0.2) is 12.1 Å². The highest BCUT2D eigenvalue weighted by Crippen LogP contribution is 2.32. The van der Waals surface area contributed by atoms with E-state index in [0.29, 0.717) is 18.6 Å². The van der Waals surface area contributed by atoms with E-state index in [2.05, 4.69) is 0 Å². The lowest BCUT2D eigenvalue weighted by atomic mass is 9.92. The maximum absolute atomic E-state index is 13.8. The molecule has 0 unspecified atom stereocenters. The summed E-state index contributed by atoms with van der Waals surface area (Å²) in [6, 6.07) is 3.34. The van der Waals surface area contributed by atoms with Crippen molar-refractivity contribution in [3.8, 4) is 5.75 Å². The largest absolute Gasteiger partial charge is 0.493 e. The van der Waals surface area contributed by atoms with E-state index in [4.69, 9.17) is 10.5 Å². The van der Waals surface area contributed by atoms with Crippen LogP contribution in [0, 0.1) is 5.82 Å². The molecule has 1 aromatic carbocycles. The van der Waals surface area contributed by atoms with Crippen LogP contribution in [0.25, 0.3) is 0 Å². The first-order valence-electron chi connectivity index (χ1n) is 5.69. The van der Waals surface area contributed by atoms with Gasteiger partial charge in [0.2, 0.25) is 0 Å². The Bertz CT molecular complexity index is 396. The fraction of sp³-hybridized carbons (Fsp3) is 0.538. The highest BCUT2D eigenvalue weighted by atomic mass is 19.1. The normalized spacial score (nSPS) is 15.5. The van der Waals surface area contributed by atoms with Crippen LogP contribution >= 0.6 is 0 Å². The third kappa shape index (κ3) is 2.35. The maximum Gasteiger partial charge on any atom is 0.130 e. The molecular formula is C13H18FNO. The minimum Gasteiger partial charge on any atom is -0.493 e. The van der Waals surface area contributed by atoms with Crippen LogP contribution in [0.1, 0.15) is 31.4 Å². The van der Waals surface area contributed by atoms with Crippen LogP contribution < -0.4 is 10.5 Å². The second kappa shape index (κ2) is 4.06. The Balaban J connectivity index is 2.42. The van der Waals surface area contributed by atoms with Crippen molar-refractivity contribution in [3.63, 3.8) is 0 Å². The Labute approximate surface area is 95.6 Å². The zero-order valence-electron chi connectivity index (χ0n) is 9.85. The van der Waals surface area contributed by atoms with Crippen molar-refractivity contribution in [1.29, 1.82) is 0 Å². The number of nitrogens with two attached hydrogens (primary N) is 1. The Morgan fingerprint density at radius 3 is 2.88 bits per heavy atom. The molecule has 16 heavy (non-hydrogen) atoms. The first kappa shape index (κ1) is 11.4. The predicted molar refractivity (Wildman–Crippen MR) is 62.2 cm³/mol. The van der Waals surface area contributed by atoms with E-state index in [1.807, 2.05) is 19.9 Å². The summed E-state index contributed by atoms with van der Waals surface area (Å²) >= 11 is 0. The molecule has 1 aliphatic heterocycles. The van der Waals surface area contributed by atoms with Crippen molar-refractivity contribution in [2.45, 2.75) is 38.6 Å². The Morgan fingerprint density at radius 1 is 1.44 bits per heavy atom. The van der Waals surface area contributed by atoms with Crippen LogP contribution in [-0.2, 0) is 12.8 Å².